The second-order valence-corrected chi connectivity index (χ2v) is 3.52. The van der Waals surface area contributed by atoms with Gasteiger partial charge in [0.25, 0.3) is 0 Å². The number of pyridine rings is 1. The number of aromatic nitrogens is 1. The van der Waals surface area contributed by atoms with E-state index in [1.165, 1.54) is 12.3 Å². The highest BCUT2D eigenvalue weighted by Gasteiger charge is 2.22. The molecule has 0 spiro atoms. The summed E-state index contributed by atoms with van der Waals surface area (Å²) in [7, 11) is 0. The molecule has 0 fully saturated rings. The van der Waals surface area contributed by atoms with Crippen molar-refractivity contribution >= 4 is 17.9 Å². The van der Waals surface area contributed by atoms with E-state index in [0.717, 1.165) is 30.9 Å². The van der Waals surface area contributed by atoms with Crippen LogP contribution < -0.4 is 0 Å². The maximum Gasteiger partial charge on any atom is 0.213 e. The Balaban J connectivity index is 2.18. The summed E-state index contributed by atoms with van der Waals surface area (Å²) in [6, 6.07) is 1.39. The second-order valence-electron chi connectivity index (χ2n) is 3.52. The highest BCUT2D eigenvalue weighted by atomic mass is 19.1. The molecule has 2 aliphatic rings. The lowest BCUT2D eigenvalue weighted by Crippen LogP contribution is -2.37. The quantitative estimate of drug-likeness (QED) is 0.598. The Morgan fingerprint density at radius 2 is 2.33 bits per heavy atom. The molecule has 0 aromatic carbocycles. The highest BCUT2D eigenvalue weighted by Crippen LogP contribution is 2.25. The first-order valence-corrected chi connectivity index (χ1v) is 4.86. The molecule has 0 amide bonds. The Morgan fingerprint density at radius 1 is 1.40 bits per heavy atom. The van der Waals surface area contributed by atoms with Gasteiger partial charge in [-0.25, -0.2) is 9.98 Å². The van der Waals surface area contributed by atoms with Crippen molar-refractivity contribution in [3.05, 3.63) is 23.8 Å². The molecule has 0 unspecified atom stereocenters. The normalized spacial score (nSPS) is 18.2. The van der Waals surface area contributed by atoms with E-state index < -0.39 is 5.95 Å². The van der Waals surface area contributed by atoms with Crippen molar-refractivity contribution in [3.63, 3.8) is 0 Å². The maximum atomic E-state index is 13.0. The third kappa shape index (κ3) is 1.31. The zero-order valence-electron chi connectivity index (χ0n) is 8.02. The molecule has 0 bridgehead atoms. The van der Waals surface area contributed by atoms with Gasteiger partial charge >= 0.3 is 0 Å². The zero-order valence-corrected chi connectivity index (χ0v) is 8.02. The topological polar surface area (TPSA) is 40.9 Å². The van der Waals surface area contributed by atoms with Gasteiger partial charge in [0.15, 0.2) is 0 Å². The zero-order chi connectivity index (χ0) is 10.3. The molecular weight excluding hydrogens is 195 g/mol. The average Bonchev–Trinajstić information content (AvgIpc) is 2.29. The van der Waals surface area contributed by atoms with Crippen LogP contribution in [0.25, 0.3) is 0 Å². The van der Waals surface area contributed by atoms with Gasteiger partial charge in [0.05, 0.1) is 18.2 Å². The fourth-order valence-corrected chi connectivity index (χ4v) is 1.81. The molecule has 0 saturated heterocycles. The number of nitrogens with zero attached hydrogens (tertiary/aromatic N) is 4. The summed E-state index contributed by atoms with van der Waals surface area (Å²) in [6.45, 7) is 1.69. The maximum absolute atomic E-state index is 13.0. The lowest BCUT2D eigenvalue weighted by molar-refractivity contribution is 0.553. The van der Waals surface area contributed by atoms with Gasteiger partial charge in [-0.2, -0.15) is 4.39 Å². The summed E-state index contributed by atoms with van der Waals surface area (Å²) >= 11 is 0. The smallest absolute Gasteiger partial charge is 0.213 e. The van der Waals surface area contributed by atoms with Gasteiger partial charge in [0, 0.05) is 24.7 Å². The van der Waals surface area contributed by atoms with E-state index in [0.29, 0.717) is 5.69 Å². The third-order valence-corrected chi connectivity index (χ3v) is 2.52. The van der Waals surface area contributed by atoms with Crippen LogP contribution in [0.1, 0.15) is 12.0 Å². The molecule has 0 radical (unpaired) electrons. The molecule has 5 heteroatoms. The van der Waals surface area contributed by atoms with Gasteiger partial charge < -0.3 is 4.90 Å². The van der Waals surface area contributed by atoms with E-state index in [-0.39, 0.29) is 0 Å². The second kappa shape index (κ2) is 3.12. The molecule has 2 aliphatic heterocycles. The fourth-order valence-electron chi connectivity index (χ4n) is 1.81. The summed E-state index contributed by atoms with van der Waals surface area (Å²) < 4.78 is 13.0. The standard InChI is InChI=1S/C10H9FN4/c11-9-4-7-8(5-13-9)14-6-15-3-1-2-12-10(7)15/h4-6H,1-3H2. The molecule has 76 valence electrons. The highest BCUT2D eigenvalue weighted by molar-refractivity contribution is 6.10. The van der Waals surface area contributed by atoms with Crippen LogP contribution >= 0.6 is 0 Å². The van der Waals surface area contributed by atoms with Crippen molar-refractivity contribution in [2.75, 3.05) is 13.1 Å². The first-order valence-electron chi connectivity index (χ1n) is 4.86. The van der Waals surface area contributed by atoms with Gasteiger partial charge in [-0.05, 0) is 6.42 Å². The SMILES string of the molecule is Fc1cc2c(cn1)N=CN1CCCN=C21. The summed E-state index contributed by atoms with van der Waals surface area (Å²) in [6.07, 6.45) is 4.19. The molecule has 15 heavy (non-hydrogen) atoms. The van der Waals surface area contributed by atoms with Crippen LogP contribution in [-0.2, 0) is 0 Å². The van der Waals surface area contributed by atoms with Crippen LogP contribution in [0, 0.1) is 5.95 Å². The van der Waals surface area contributed by atoms with Crippen molar-refractivity contribution in [2.24, 2.45) is 9.98 Å². The third-order valence-electron chi connectivity index (χ3n) is 2.52. The Kier molecular flexibility index (Phi) is 1.77. The Bertz CT molecular complexity index is 466. The van der Waals surface area contributed by atoms with Crippen molar-refractivity contribution in [3.8, 4) is 0 Å². The molecule has 1 aromatic heterocycles. The van der Waals surface area contributed by atoms with Crippen molar-refractivity contribution in [1.29, 1.82) is 0 Å². The molecule has 3 heterocycles. The molecule has 0 saturated carbocycles. The van der Waals surface area contributed by atoms with Crippen LogP contribution in [0.3, 0.4) is 0 Å². The predicted octanol–water partition coefficient (Wildman–Crippen LogP) is 1.35. The van der Waals surface area contributed by atoms with Crippen LogP contribution in [0.15, 0.2) is 22.2 Å². The van der Waals surface area contributed by atoms with Crippen LogP contribution in [0.4, 0.5) is 10.1 Å². The summed E-state index contributed by atoms with van der Waals surface area (Å²) in [5.41, 5.74) is 1.43. The van der Waals surface area contributed by atoms with E-state index in [1.807, 2.05) is 4.90 Å². The van der Waals surface area contributed by atoms with Crippen molar-refractivity contribution in [1.82, 2.24) is 9.88 Å². The largest absolute Gasteiger partial charge is 0.317 e. The number of fused-ring (bicyclic) bond motifs is 3. The van der Waals surface area contributed by atoms with Crippen molar-refractivity contribution in [2.45, 2.75) is 6.42 Å². The summed E-state index contributed by atoms with van der Waals surface area (Å²) in [5.74, 6) is 0.326. The van der Waals surface area contributed by atoms with Gasteiger partial charge in [-0.3, -0.25) is 4.99 Å². The number of rotatable bonds is 0. The Hall–Kier alpha value is -1.78. The summed E-state index contributed by atoms with van der Waals surface area (Å²) in [5, 5.41) is 0. The van der Waals surface area contributed by atoms with E-state index in [1.54, 1.807) is 6.34 Å². The molecule has 3 rings (SSSR count). The lowest BCUT2D eigenvalue weighted by atomic mass is 10.1. The first kappa shape index (κ1) is 8.52. The van der Waals surface area contributed by atoms with Crippen molar-refractivity contribution < 1.29 is 4.39 Å². The Morgan fingerprint density at radius 3 is 3.27 bits per heavy atom. The minimum Gasteiger partial charge on any atom is -0.317 e. The van der Waals surface area contributed by atoms with Gasteiger partial charge in [-0.15, -0.1) is 0 Å². The number of amidine groups is 1. The molecule has 0 aliphatic carbocycles. The molecule has 1 aromatic rings. The Labute approximate surface area is 86.2 Å². The minimum atomic E-state index is -0.487. The van der Waals surface area contributed by atoms with Gasteiger partial charge in [-0.1, -0.05) is 0 Å². The summed E-state index contributed by atoms with van der Waals surface area (Å²) in [4.78, 5) is 14.1. The van der Waals surface area contributed by atoms with Crippen LogP contribution in [0.2, 0.25) is 0 Å². The molecule has 0 N–H and O–H groups in total. The van der Waals surface area contributed by atoms with Crippen LogP contribution in [-0.4, -0.2) is 35.1 Å². The number of halogens is 1. The lowest BCUT2D eigenvalue weighted by Gasteiger charge is -2.28. The van der Waals surface area contributed by atoms with Gasteiger partial charge in [0.2, 0.25) is 5.95 Å². The minimum absolute atomic E-state index is 0.487. The molecular formula is C10H9FN4. The van der Waals surface area contributed by atoms with Gasteiger partial charge in [0.1, 0.15) is 5.84 Å². The van der Waals surface area contributed by atoms with Crippen LogP contribution in [0.5, 0.6) is 0 Å². The van der Waals surface area contributed by atoms with E-state index in [2.05, 4.69) is 15.0 Å². The number of aliphatic imine (C=N–C) groups is 2. The fraction of sp³-hybridized carbons (Fsp3) is 0.300. The first-order chi connectivity index (χ1) is 7.34. The van der Waals surface area contributed by atoms with E-state index in [4.69, 9.17) is 0 Å². The van der Waals surface area contributed by atoms with E-state index >= 15 is 0 Å². The molecule has 4 nitrogen and oxygen atoms in total. The predicted molar refractivity (Wildman–Crippen MR) is 55.1 cm³/mol. The monoisotopic (exact) mass is 204 g/mol. The van der Waals surface area contributed by atoms with E-state index in [9.17, 15) is 4.39 Å². The molecule has 0 atom stereocenters. The average molecular weight is 204 g/mol. The number of hydrogen-bond acceptors (Lipinski definition) is 4. The number of hydrogen-bond donors (Lipinski definition) is 0.